The summed E-state index contributed by atoms with van der Waals surface area (Å²) in [7, 11) is 4.47. The molecule has 2 aliphatic heterocycles. The molecular formula is C26H28N4O5S. The number of aliphatic imine (C=N–C) groups is 1. The average molecular weight is 509 g/mol. The minimum Gasteiger partial charge on any atom is -0.493 e. The van der Waals surface area contributed by atoms with E-state index in [1.54, 1.807) is 32.7 Å². The van der Waals surface area contributed by atoms with E-state index in [0.717, 1.165) is 5.56 Å². The van der Waals surface area contributed by atoms with Gasteiger partial charge in [0.2, 0.25) is 5.91 Å². The molecule has 0 bridgehead atoms. The smallest absolute Gasteiger partial charge is 0.338 e. The van der Waals surface area contributed by atoms with Gasteiger partial charge in [-0.15, -0.1) is 0 Å². The van der Waals surface area contributed by atoms with Gasteiger partial charge in [0.1, 0.15) is 0 Å². The third-order valence-corrected chi connectivity index (χ3v) is 6.80. The molecule has 2 aliphatic rings. The third-order valence-electron chi connectivity index (χ3n) is 5.91. The van der Waals surface area contributed by atoms with Gasteiger partial charge in [0, 0.05) is 30.2 Å². The Morgan fingerprint density at radius 1 is 1.14 bits per heavy atom. The Labute approximate surface area is 214 Å². The maximum atomic E-state index is 13.1. The number of hydrogen-bond acceptors (Lipinski definition) is 9. The summed E-state index contributed by atoms with van der Waals surface area (Å²) in [4.78, 5) is 36.8. The fourth-order valence-corrected chi connectivity index (χ4v) is 5.20. The Balaban J connectivity index is 1.71. The molecule has 0 saturated heterocycles. The minimum absolute atomic E-state index is 0.102. The lowest BCUT2D eigenvalue weighted by molar-refractivity contribution is -0.136. The molecule has 0 radical (unpaired) electrons. The number of nitrogens with zero attached hydrogens (tertiary/aromatic N) is 3. The third kappa shape index (κ3) is 4.94. The average Bonchev–Trinajstić information content (AvgIpc) is 3.32. The number of thioether (sulfide) groups is 1. The van der Waals surface area contributed by atoms with E-state index in [1.165, 1.54) is 18.9 Å². The number of allylic oxidation sites excluding steroid dienone is 1. The van der Waals surface area contributed by atoms with Gasteiger partial charge in [0.25, 0.3) is 0 Å². The fourth-order valence-electron chi connectivity index (χ4n) is 4.26. The predicted molar refractivity (Wildman–Crippen MR) is 137 cm³/mol. The molecular weight excluding hydrogens is 480 g/mol. The number of carbonyl (C=O) groups is 2. The number of benzene rings is 1. The first kappa shape index (κ1) is 25.3. The van der Waals surface area contributed by atoms with E-state index in [1.807, 2.05) is 41.5 Å². The van der Waals surface area contributed by atoms with Crippen LogP contribution >= 0.6 is 11.8 Å². The van der Waals surface area contributed by atoms with E-state index in [4.69, 9.17) is 19.2 Å². The number of hydrogen-bond donors (Lipinski definition) is 1. The van der Waals surface area contributed by atoms with Crippen molar-refractivity contribution in [1.29, 1.82) is 0 Å². The highest BCUT2D eigenvalue weighted by Gasteiger charge is 2.43. The van der Waals surface area contributed by atoms with Gasteiger partial charge in [-0.3, -0.25) is 9.78 Å². The van der Waals surface area contributed by atoms with Gasteiger partial charge in [-0.25, -0.2) is 9.79 Å². The number of para-hydroxylation sites is 1. The van der Waals surface area contributed by atoms with Crippen LogP contribution in [0.25, 0.3) is 0 Å². The lowest BCUT2D eigenvalue weighted by Crippen LogP contribution is -2.38. The summed E-state index contributed by atoms with van der Waals surface area (Å²) in [5.74, 6) is 0.392. The molecule has 1 aromatic carbocycles. The summed E-state index contributed by atoms with van der Waals surface area (Å²) in [6, 6.07) is 8.63. The first-order valence-corrected chi connectivity index (χ1v) is 12.3. The number of amides is 1. The van der Waals surface area contributed by atoms with E-state index in [0.29, 0.717) is 52.2 Å². The molecule has 0 aliphatic carbocycles. The van der Waals surface area contributed by atoms with Crippen molar-refractivity contribution < 1.29 is 23.8 Å². The zero-order valence-electron chi connectivity index (χ0n) is 20.6. The number of carbonyl (C=O) groups excluding carboxylic acids is 2. The van der Waals surface area contributed by atoms with Crippen LogP contribution in [0, 0.1) is 0 Å². The van der Waals surface area contributed by atoms with Crippen LogP contribution in [0.2, 0.25) is 0 Å². The lowest BCUT2D eigenvalue weighted by atomic mass is 9.92. The second-order valence-electron chi connectivity index (χ2n) is 8.00. The maximum absolute atomic E-state index is 13.1. The summed E-state index contributed by atoms with van der Waals surface area (Å²) in [5.41, 5.74) is 3.36. The Morgan fingerprint density at radius 2 is 1.97 bits per heavy atom. The van der Waals surface area contributed by atoms with Crippen LogP contribution in [-0.2, 0) is 20.9 Å². The van der Waals surface area contributed by atoms with Crippen molar-refractivity contribution in [1.82, 2.24) is 15.2 Å². The van der Waals surface area contributed by atoms with E-state index in [9.17, 15) is 9.59 Å². The van der Waals surface area contributed by atoms with Gasteiger partial charge in [-0.05, 0) is 29.5 Å². The van der Waals surface area contributed by atoms with Crippen molar-refractivity contribution in [3.63, 3.8) is 0 Å². The van der Waals surface area contributed by atoms with Crippen LogP contribution in [0.5, 0.6) is 11.5 Å². The molecule has 3 heterocycles. The van der Waals surface area contributed by atoms with Gasteiger partial charge in [0.15, 0.2) is 16.7 Å². The SMILES string of the molecule is CCC1=C(C(=O)OC)[C@@H](c2cccc(OC)c2OC)N2C(CC(=O)NCc3cccnc3)=CSC2=N1. The normalized spacial score (nSPS) is 16.7. The Kier molecular flexibility index (Phi) is 7.94. The number of rotatable bonds is 9. The van der Waals surface area contributed by atoms with E-state index >= 15 is 0 Å². The van der Waals surface area contributed by atoms with Gasteiger partial charge in [-0.2, -0.15) is 0 Å². The summed E-state index contributed by atoms with van der Waals surface area (Å²) in [5, 5.41) is 5.52. The zero-order chi connectivity index (χ0) is 25.7. The van der Waals surface area contributed by atoms with Crippen molar-refractivity contribution in [2.75, 3.05) is 21.3 Å². The maximum Gasteiger partial charge on any atom is 0.338 e. The summed E-state index contributed by atoms with van der Waals surface area (Å²) in [6.45, 7) is 2.31. The van der Waals surface area contributed by atoms with Crippen LogP contribution in [0.1, 0.15) is 36.9 Å². The number of esters is 1. The van der Waals surface area contributed by atoms with Crippen LogP contribution < -0.4 is 14.8 Å². The molecule has 188 valence electrons. The molecule has 36 heavy (non-hydrogen) atoms. The first-order chi connectivity index (χ1) is 17.5. The molecule has 0 spiro atoms. The van der Waals surface area contributed by atoms with E-state index < -0.39 is 12.0 Å². The monoisotopic (exact) mass is 508 g/mol. The molecule has 0 unspecified atom stereocenters. The molecule has 1 amide bonds. The number of methoxy groups -OCH3 is 3. The van der Waals surface area contributed by atoms with Crippen molar-refractivity contribution in [2.45, 2.75) is 32.4 Å². The minimum atomic E-state index is -0.614. The quantitative estimate of drug-likeness (QED) is 0.508. The zero-order valence-corrected chi connectivity index (χ0v) is 21.4. The molecule has 0 saturated carbocycles. The van der Waals surface area contributed by atoms with Gasteiger partial charge in [0.05, 0.1) is 45.1 Å². The largest absolute Gasteiger partial charge is 0.493 e. The van der Waals surface area contributed by atoms with Gasteiger partial charge < -0.3 is 24.4 Å². The molecule has 10 heteroatoms. The number of ether oxygens (including phenoxy) is 3. The number of aromatic nitrogens is 1. The highest BCUT2D eigenvalue weighted by atomic mass is 32.2. The topological polar surface area (TPSA) is 102 Å². The van der Waals surface area contributed by atoms with Gasteiger partial charge in [-0.1, -0.05) is 36.9 Å². The highest BCUT2D eigenvalue weighted by molar-refractivity contribution is 8.16. The summed E-state index contributed by atoms with van der Waals surface area (Å²) >= 11 is 1.42. The lowest BCUT2D eigenvalue weighted by Gasteiger charge is -2.37. The molecule has 2 aromatic rings. The van der Waals surface area contributed by atoms with Crippen molar-refractivity contribution in [3.8, 4) is 11.5 Å². The molecule has 4 rings (SSSR count). The summed E-state index contributed by atoms with van der Waals surface area (Å²) in [6.07, 6.45) is 4.04. The Morgan fingerprint density at radius 3 is 2.64 bits per heavy atom. The van der Waals surface area contributed by atoms with E-state index in [2.05, 4.69) is 10.3 Å². The number of amidine groups is 1. The van der Waals surface area contributed by atoms with Crippen LogP contribution in [0.3, 0.4) is 0 Å². The molecule has 1 aromatic heterocycles. The van der Waals surface area contributed by atoms with Crippen molar-refractivity contribution >= 4 is 28.8 Å². The van der Waals surface area contributed by atoms with Crippen LogP contribution in [-0.4, -0.2) is 48.3 Å². The standard InChI is InChI=1S/C26H28N4O5S/c1-5-19-22(25(32)35-4)23(18-9-6-10-20(33-2)24(18)34-3)30-17(15-36-26(30)29-19)12-21(31)28-14-16-8-7-11-27-13-16/h6-11,13,15,23H,5,12,14H2,1-4H3,(H,28,31)/t23-/m1/s1. The highest BCUT2D eigenvalue weighted by Crippen LogP contribution is 2.49. The predicted octanol–water partition coefficient (Wildman–Crippen LogP) is 3.94. The first-order valence-electron chi connectivity index (χ1n) is 11.4. The fraction of sp³-hybridized carbons (Fsp3) is 0.308. The van der Waals surface area contributed by atoms with E-state index in [-0.39, 0.29) is 12.3 Å². The number of pyridine rings is 1. The molecule has 1 N–H and O–H groups in total. The van der Waals surface area contributed by atoms with Crippen LogP contribution in [0.4, 0.5) is 0 Å². The molecule has 0 fully saturated rings. The summed E-state index contributed by atoms with van der Waals surface area (Å²) < 4.78 is 16.4. The van der Waals surface area contributed by atoms with Crippen molar-refractivity contribution in [2.24, 2.45) is 4.99 Å². The molecule has 9 nitrogen and oxygen atoms in total. The Bertz CT molecular complexity index is 1240. The number of fused-ring (bicyclic) bond motifs is 1. The second-order valence-corrected chi connectivity index (χ2v) is 8.83. The molecule has 1 atom stereocenters. The Hall–Kier alpha value is -3.79. The van der Waals surface area contributed by atoms with Crippen LogP contribution in [0.15, 0.2) is 70.1 Å². The van der Waals surface area contributed by atoms with Gasteiger partial charge >= 0.3 is 5.97 Å². The second kappa shape index (κ2) is 11.3. The van der Waals surface area contributed by atoms with Crippen molar-refractivity contribution in [3.05, 3.63) is 76.2 Å². The number of nitrogens with one attached hydrogen (secondary N) is 1.